The number of rotatable bonds is 7. The Morgan fingerprint density at radius 1 is 1.07 bits per heavy atom. The van der Waals surface area contributed by atoms with Crippen LogP contribution in [0.3, 0.4) is 0 Å². The van der Waals surface area contributed by atoms with Crippen molar-refractivity contribution in [1.82, 2.24) is 4.72 Å². The van der Waals surface area contributed by atoms with Crippen molar-refractivity contribution in [3.8, 4) is 0 Å². The highest BCUT2D eigenvalue weighted by atomic mass is 32.2. The molecular weight excluding hydrogens is 374 g/mol. The molecule has 0 atom stereocenters. The summed E-state index contributed by atoms with van der Waals surface area (Å²) >= 11 is 0. The first-order valence-corrected chi connectivity index (χ1v) is 10.8. The predicted octanol–water partition coefficient (Wildman–Crippen LogP) is 3.39. The smallest absolute Gasteiger partial charge is 0.255 e. The van der Waals surface area contributed by atoms with Gasteiger partial charge < -0.3 is 10.2 Å². The molecule has 1 aliphatic heterocycles. The van der Waals surface area contributed by atoms with Gasteiger partial charge in [-0.3, -0.25) is 4.79 Å². The Bertz CT molecular complexity index is 951. The molecule has 0 spiro atoms. The third-order valence-corrected chi connectivity index (χ3v) is 6.07. The van der Waals surface area contributed by atoms with Crippen molar-refractivity contribution < 1.29 is 13.2 Å². The molecule has 0 bridgehead atoms. The van der Waals surface area contributed by atoms with Crippen LogP contribution in [0.15, 0.2) is 66.1 Å². The lowest BCUT2D eigenvalue weighted by molar-refractivity contribution is 0.102. The minimum Gasteiger partial charge on any atom is -0.371 e. The molecule has 2 aromatic rings. The van der Waals surface area contributed by atoms with Gasteiger partial charge in [-0.25, -0.2) is 13.1 Å². The molecule has 1 amide bonds. The molecule has 2 aromatic carbocycles. The maximum atomic E-state index is 12.6. The molecule has 28 heavy (non-hydrogen) atoms. The van der Waals surface area contributed by atoms with Crippen LogP contribution in [0.25, 0.3) is 0 Å². The van der Waals surface area contributed by atoms with E-state index in [1.54, 1.807) is 12.1 Å². The average Bonchev–Trinajstić information content (AvgIpc) is 2.73. The molecule has 0 aliphatic carbocycles. The van der Waals surface area contributed by atoms with Gasteiger partial charge in [-0.2, -0.15) is 0 Å². The minimum absolute atomic E-state index is 0.0454. The Hall–Kier alpha value is -2.64. The Labute approximate surface area is 166 Å². The second kappa shape index (κ2) is 9.03. The summed E-state index contributed by atoms with van der Waals surface area (Å²) in [5.41, 5.74) is 2.05. The predicted molar refractivity (Wildman–Crippen MR) is 112 cm³/mol. The highest BCUT2D eigenvalue weighted by molar-refractivity contribution is 7.89. The van der Waals surface area contributed by atoms with E-state index in [0.29, 0.717) is 5.69 Å². The van der Waals surface area contributed by atoms with E-state index >= 15 is 0 Å². The van der Waals surface area contributed by atoms with E-state index in [4.69, 9.17) is 0 Å². The average molecular weight is 400 g/mol. The third-order valence-electron chi connectivity index (χ3n) is 4.65. The van der Waals surface area contributed by atoms with E-state index in [1.165, 1.54) is 37.5 Å². The van der Waals surface area contributed by atoms with Crippen LogP contribution in [0.2, 0.25) is 0 Å². The summed E-state index contributed by atoms with van der Waals surface area (Å²) in [7, 11) is -3.68. The van der Waals surface area contributed by atoms with Crippen molar-refractivity contribution in [1.29, 1.82) is 0 Å². The van der Waals surface area contributed by atoms with Crippen LogP contribution in [0.5, 0.6) is 0 Å². The maximum Gasteiger partial charge on any atom is 0.255 e. The highest BCUT2D eigenvalue weighted by Gasteiger charge is 2.16. The molecule has 0 aromatic heterocycles. The number of nitrogens with one attached hydrogen (secondary N) is 2. The van der Waals surface area contributed by atoms with Crippen molar-refractivity contribution in [2.24, 2.45) is 0 Å². The van der Waals surface area contributed by atoms with Crippen LogP contribution in [0.4, 0.5) is 11.4 Å². The van der Waals surface area contributed by atoms with Crippen molar-refractivity contribution in [3.05, 3.63) is 66.7 Å². The van der Waals surface area contributed by atoms with Gasteiger partial charge in [0.05, 0.1) is 4.90 Å². The maximum absolute atomic E-state index is 12.6. The van der Waals surface area contributed by atoms with Crippen molar-refractivity contribution in [2.45, 2.75) is 24.2 Å². The van der Waals surface area contributed by atoms with E-state index in [1.807, 2.05) is 24.3 Å². The zero-order valence-corrected chi connectivity index (χ0v) is 16.5. The first kappa shape index (κ1) is 20.1. The minimum atomic E-state index is -3.68. The summed E-state index contributed by atoms with van der Waals surface area (Å²) in [5.74, 6) is -0.350. The lowest BCUT2D eigenvalue weighted by Gasteiger charge is -2.29. The number of hydrogen-bond donors (Lipinski definition) is 2. The molecule has 6 nitrogen and oxygen atoms in total. The Morgan fingerprint density at radius 2 is 1.82 bits per heavy atom. The van der Waals surface area contributed by atoms with Crippen LogP contribution in [0.1, 0.15) is 29.6 Å². The SMILES string of the molecule is C=CCNS(=O)(=O)c1cccc(C(=O)Nc2cccc(N3CCCCC3)c2)c1. The van der Waals surface area contributed by atoms with Gasteiger partial charge in [-0.1, -0.05) is 18.2 Å². The van der Waals surface area contributed by atoms with Crippen LogP contribution < -0.4 is 14.9 Å². The fourth-order valence-corrected chi connectivity index (χ4v) is 4.24. The monoisotopic (exact) mass is 399 g/mol. The number of benzene rings is 2. The molecule has 2 N–H and O–H groups in total. The number of sulfonamides is 1. The van der Waals surface area contributed by atoms with Gasteiger partial charge in [0.2, 0.25) is 10.0 Å². The largest absolute Gasteiger partial charge is 0.371 e. The number of piperidine rings is 1. The molecule has 0 saturated carbocycles. The van der Waals surface area contributed by atoms with Crippen LogP contribution in [0, 0.1) is 0 Å². The number of amides is 1. The lowest BCUT2D eigenvalue weighted by atomic mass is 10.1. The van der Waals surface area contributed by atoms with E-state index in [9.17, 15) is 13.2 Å². The Balaban J connectivity index is 1.75. The van der Waals surface area contributed by atoms with Crippen molar-refractivity contribution >= 4 is 27.3 Å². The van der Waals surface area contributed by atoms with Gasteiger partial charge in [-0.05, 0) is 55.7 Å². The topological polar surface area (TPSA) is 78.5 Å². The lowest BCUT2D eigenvalue weighted by Crippen LogP contribution is -2.29. The Kier molecular flexibility index (Phi) is 6.49. The summed E-state index contributed by atoms with van der Waals surface area (Å²) in [6.45, 7) is 5.67. The summed E-state index contributed by atoms with van der Waals surface area (Å²) in [4.78, 5) is 15.0. The summed E-state index contributed by atoms with van der Waals surface area (Å²) < 4.78 is 26.9. The fraction of sp³-hybridized carbons (Fsp3) is 0.286. The van der Waals surface area contributed by atoms with Crippen molar-refractivity contribution in [3.63, 3.8) is 0 Å². The fourth-order valence-electron chi connectivity index (χ4n) is 3.19. The first-order valence-electron chi connectivity index (χ1n) is 9.36. The summed E-state index contributed by atoms with van der Waals surface area (Å²) in [6, 6.07) is 13.7. The van der Waals surface area contributed by atoms with Gasteiger partial charge in [0, 0.05) is 36.6 Å². The molecule has 7 heteroatoms. The zero-order chi connectivity index (χ0) is 20.0. The number of hydrogen-bond acceptors (Lipinski definition) is 4. The summed E-state index contributed by atoms with van der Waals surface area (Å²) in [6.07, 6.45) is 5.08. The molecule has 1 aliphatic rings. The Morgan fingerprint density at radius 3 is 2.57 bits per heavy atom. The first-order chi connectivity index (χ1) is 13.5. The highest BCUT2D eigenvalue weighted by Crippen LogP contribution is 2.23. The van der Waals surface area contributed by atoms with Gasteiger partial charge in [-0.15, -0.1) is 6.58 Å². The van der Waals surface area contributed by atoms with E-state index in [0.717, 1.165) is 18.8 Å². The van der Waals surface area contributed by atoms with Crippen molar-refractivity contribution in [2.75, 3.05) is 29.9 Å². The van der Waals surface area contributed by atoms with E-state index in [2.05, 4.69) is 21.5 Å². The quantitative estimate of drug-likeness (QED) is 0.700. The number of anilines is 2. The van der Waals surface area contributed by atoms with Crippen LogP contribution >= 0.6 is 0 Å². The summed E-state index contributed by atoms with van der Waals surface area (Å²) in [5, 5.41) is 2.86. The van der Waals surface area contributed by atoms with E-state index < -0.39 is 10.0 Å². The third kappa shape index (κ3) is 4.99. The van der Waals surface area contributed by atoms with Gasteiger partial charge in [0.1, 0.15) is 0 Å². The van der Waals surface area contributed by atoms with Gasteiger partial charge in [0.25, 0.3) is 5.91 Å². The number of nitrogens with zero attached hydrogens (tertiary/aromatic N) is 1. The standard InChI is InChI=1S/C21H25N3O3S/c1-2-12-22-28(26,27)20-11-6-8-17(15-20)21(25)23-18-9-7-10-19(16-18)24-13-4-3-5-14-24/h2,6-11,15-16,22H,1,3-5,12-14H2,(H,23,25). The molecule has 0 unspecified atom stereocenters. The molecule has 148 valence electrons. The molecule has 3 rings (SSSR count). The number of carbonyl (C=O) groups is 1. The molecule has 1 fully saturated rings. The molecule has 1 saturated heterocycles. The molecule has 1 heterocycles. The van der Waals surface area contributed by atoms with Gasteiger partial charge >= 0.3 is 0 Å². The molecular formula is C21H25N3O3S. The number of carbonyl (C=O) groups excluding carboxylic acids is 1. The van der Waals surface area contributed by atoms with Gasteiger partial charge in [0.15, 0.2) is 0 Å². The van der Waals surface area contributed by atoms with E-state index in [-0.39, 0.29) is 22.9 Å². The zero-order valence-electron chi connectivity index (χ0n) is 15.7. The van der Waals surface area contributed by atoms with Crippen LogP contribution in [-0.2, 0) is 10.0 Å². The normalized spacial score (nSPS) is 14.5. The van der Waals surface area contributed by atoms with Crippen LogP contribution in [-0.4, -0.2) is 34.0 Å². The second-order valence-electron chi connectivity index (χ2n) is 6.72. The second-order valence-corrected chi connectivity index (χ2v) is 8.49. The molecule has 0 radical (unpaired) electrons.